The standard InChI is InChI=1S/C31H30F3N7O2S2/c1-3-4-7-22-8-5-6-9-26(22)41-27(42)18-45-30(41)36-29(44)38-37-20(2)21-10-12-23(13-11-21)28-35-19-40(39-28)24-14-16-25(17-15-24)43-31(32,33)34/h5-6,8-17,19-20,37H,3-4,7,18H2,1-2H3,(H,38,44)/b36-30-. The fourth-order valence-electron chi connectivity index (χ4n) is 4.60. The molecule has 5 rings (SSSR count). The van der Waals surface area contributed by atoms with Crippen LogP contribution in [0, 0.1) is 0 Å². The predicted octanol–water partition coefficient (Wildman–Crippen LogP) is 6.75. The number of hydrazine groups is 1. The van der Waals surface area contributed by atoms with E-state index >= 15 is 0 Å². The summed E-state index contributed by atoms with van der Waals surface area (Å²) in [6.45, 7) is 4.10. The van der Waals surface area contributed by atoms with Crippen molar-refractivity contribution in [2.75, 3.05) is 10.7 Å². The number of aryl methyl sites for hydroxylation is 1. The van der Waals surface area contributed by atoms with E-state index in [9.17, 15) is 18.0 Å². The molecule has 1 unspecified atom stereocenters. The van der Waals surface area contributed by atoms with Crippen LogP contribution in [0.2, 0.25) is 0 Å². The Bertz CT molecular complexity index is 1680. The van der Waals surface area contributed by atoms with E-state index in [4.69, 9.17) is 12.2 Å². The van der Waals surface area contributed by atoms with Gasteiger partial charge in [-0.2, -0.15) is 4.99 Å². The van der Waals surface area contributed by atoms with Crippen molar-refractivity contribution in [3.8, 4) is 22.8 Å². The molecule has 2 heterocycles. The number of thiocarbonyl (C=S) groups is 1. The number of hydrogen-bond donors (Lipinski definition) is 2. The van der Waals surface area contributed by atoms with Gasteiger partial charge in [0.2, 0.25) is 11.0 Å². The summed E-state index contributed by atoms with van der Waals surface area (Å²) in [4.78, 5) is 23.3. The van der Waals surface area contributed by atoms with Crippen molar-refractivity contribution >= 4 is 45.9 Å². The van der Waals surface area contributed by atoms with Gasteiger partial charge in [-0.15, -0.1) is 18.3 Å². The fourth-order valence-corrected chi connectivity index (χ4v) is 5.67. The Kier molecular flexibility index (Phi) is 10.2. The smallest absolute Gasteiger partial charge is 0.406 e. The number of anilines is 1. The van der Waals surface area contributed by atoms with Crippen LogP contribution in [0.3, 0.4) is 0 Å². The molecule has 234 valence electrons. The number of aliphatic imine (C=N–C) groups is 1. The number of alkyl halides is 3. The van der Waals surface area contributed by atoms with Gasteiger partial charge >= 0.3 is 6.36 Å². The van der Waals surface area contributed by atoms with Crippen molar-refractivity contribution in [3.63, 3.8) is 0 Å². The van der Waals surface area contributed by atoms with Gasteiger partial charge in [0.25, 0.3) is 0 Å². The Morgan fingerprint density at radius 2 is 1.84 bits per heavy atom. The second-order valence-corrected chi connectivity index (χ2v) is 11.4. The number of aromatic nitrogens is 3. The zero-order valence-electron chi connectivity index (χ0n) is 24.4. The Morgan fingerprint density at radius 3 is 2.56 bits per heavy atom. The van der Waals surface area contributed by atoms with Crippen molar-refractivity contribution in [1.82, 2.24) is 25.6 Å². The first-order valence-electron chi connectivity index (χ1n) is 14.2. The molecule has 1 aliphatic rings. The lowest BCUT2D eigenvalue weighted by Gasteiger charge is -2.20. The molecule has 1 fully saturated rings. The van der Waals surface area contributed by atoms with Gasteiger partial charge in [0.05, 0.1) is 17.1 Å². The van der Waals surface area contributed by atoms with Gasteiger partial charge in [-0.25, -0.2) is 15.1 Å². The summed E-state index contributed by atoms with van der Waals surface area (Å²) in [6, 6.07) is 20.7. The lowest BCUT2D eigenvalue weighted by atomic mass is 10.1. The highest BCUT2D eigenvalue weighted by molar-refractivity contribution is 8.15. The van der Waals surface area contributed by atoms with Crippen LogP contribution in [0.5, 0.6) is 5.75 Å². The van der Waals surface area contributed by atoms with Crippen LogP contribution in [0.1, 0.15) is 43.9 Å². The highest BCUT2D eigenvalue weighted by Gasteiger charge is 2.32. The summed E-state index contributed by atoms with van der Waals surface area (Å²) in [5, 5.41) is 5.19. The van der Waals surface area contributed by atoms with Crippen molar-refractivity contribution in [3.05, 3.63) is 90.3 Å². The number of para-hydroxylation sites is 1. The first-order valence-corrected chi connectivity index (χ1v) is 15.6. The molecule has 2 N–H and O–H groups in total. The van der Waals surface area contributed by atoms with Crippen molar-refractivity contribution in [1.29, 1.82) is 0 Å². The highest BCUT2D eigenvalue weighted by Crippen LogP contribution is 2.31. The van der Waals surface area contributed by atoms with Crippen molar-refractivity contribution in [2.45, 2.75) is 45.5 Å². The van der Waals surface area contributed by atoms with Gasteiger partial charge in [0.15, 0.2) is 11.0 Å². The second kappa shape index (κ2) is 14.2. The molecule has 4 aromatic rings. The Morgan fingerprint density at radius 1 is 1.11 bits per heavy atom. The minimum absolute atomic E-state index is 0.0281. The maximum absolute atomic E-state index is 12.8. The minimum Gasteiger partial charge on any atom is -0.406 e. The largest absolute Gasteiger partial charge is 0.573 e. The fraction of sp³-hybridized carbons (Fsp3) is 0.258. The molecule has 3 aromatic carbocycles. The van der Waals surface area contributed by atoms with Gasteiger partial charge in [-0.3, -0.25) is 15.1 Å². The summed E-state index contributed by atoms with van der Waals surface area (Å²) >= 11 is 6.83. The molecule has 0 bridgehead atoms. The van der Waals surface area contributed by atoms with E-state index in [-0.39, 0.29) is 22.8 Å². The normalized spacial score (nSPS) is 15.0. The summed E-state index contributed by atoms with van der Waals surface area (Å²) in [6.07, 6.45) is -0.296. The molecule has 1 saturated heterocycles. The van der Waals surface area contributed by atoms with Crippen LogP contribution in [0.4, 0.5) is 18.9 Å². The predicted molar refractivity (Wildman–Crippen MR) is 173 cm³/mol. The highest BCUT2D eigenvalue weighted by atomic mass is 32.2. The van der Waals surface area contributed by atoms with Crippen LogP contribution in [-0.2, 0) is 11.2 Å². The molecule has 1 amide bonds. The first-order chi connectivity index (χ1) is 21.6. The topological polar surface area (TPSA) is 96.7 Å². The third-order valence-electron chi connectivity index (χ3n) is 6.89. The van der Waals surface area contributed by atoms with E-state index in [2.05, 4.69) is 37.6 Å². The van der Waals surface area contributed by atoms with E-state index in [1.54, 1.807) is 4.90 Å². The van der Waals surface area contributed by atoms with Crippen LogP contribution < -0.4 is 20.5 Å². The summed E-state index contributed by atoms with van der Waals surface area (Å²) in [5.41, 5.74) is 10.3. The van der Waals surface area contributed by atoms with Gasteiger partial charge in [-0.1, -0.05) is 67.6 Å². The summed E-state index contributed by atoms with van der Waals surface area (Å²) in [5.74, 6) is 0.415. The number of amides is 1. The molecular weight excluding hydrogens is 624 g/mol. The van der Waals surface area contributed by atoms with Crippen LogP contribution in [0.25, 0.3) is 17.1 Å². The number of carbonyl (C=O) groups excluding carboxylic acids is 1. The number of halogens is 3. The number of thioether (sulfide) groups is 1. The average molecular weight is 654 g/mol. The van der Waals surface area contributed by atoms with Gasteiger partial charge in [0, 0.05) is 11.6 Å². The van der Waals surface area contributed by atoms with E-state index in [1.165, 1.54) is 47.0 Å². The second-order valence-electron chi connectivity index (χ2n) is 10.1. The molecule has 1 aromatic heterocycles. The zero-order valence-corrected chi connectivity index (χ0v) is 26.0. The van der Waals surface area contributed by atoms with Gasteiger partial charge in [-0.05, 0) is 73.4 Å². The molecule has 14 heteroatoms. The molecule has 9 nitrogen and oxygen atoms in total. The number of nitrogens with zero attached hydrogens (tertiary/aromatic N) is 5. The van der Waals surface area contributed by atoms with E-state index in [0.717, 1.165) is 41.6 Å². The third-order valence-corrected chi connectivity index (χ3v) is 8.00. The quantitative estimate of drug-likeness (QED) is 0.143. The van der Waals surface area contributed by atoms with Crippen LogP contribution in [0.15, 0.2) is 84.1 Å². The number of carbonyl (C=O) groups is 1. The van der Waals surface area contributed by atoms with Gasteiger partial charge < -0.3 is 4.74 Å². The number of rotatable bonds is 10. The van der Waals surface area contributed by atoms with E-state index < -0.39 is 6.36 Å². The Hall–Kier alpha value is -4.27. The molecule has 0 aliphatic carbocycles. The minimum atomic E-state index is -4.75. The molecule has 0 saturated carbocycles. The number of amidine groups is 1. The first kappa shape index (κ1) is 32.1. The number of benzene rings is 3. The molecule has 1 aliphatic heterocycles. The average Bonchev–Trinajstić information content (AvgIpc) is 3.66. The molecule has 45 heavy (non-hydrogen) atoms. The van der Waals surface area contributed by atoms with Crippen LogP contribution >= 0.6 is 24.0 Å². The number of unbranched alkanes of at least 4 members (excludes halogenated alkanes) is 1. The SMILES string of the molecule is CCCCc1ccccc1N1C(=O)CS/C1=N\C(=S)NNC(C)c1ccc(-c2ncn(-c3ccc(OC(F)(F)F)cc3)n2)cc1. The molecule has 1 atom stereocenters. The van der Waals surface area contributed by atoms with Crippen LogP contribution in [-0.4, -0.2) is 43.1 Å². The lowest BCUT2D eigenvalue weighted by Crippen LogP contribution is -2.38. The van der Waals surface area contributed by atoms with Crippen molar-refractivity contribution < 1.29 is 22.7 Å². The number of ether oxygens (including phenoxy) is 1. The number of hydrogen-bond acceptors (Lipinski definition) is 7. The number of nitrogens with one attached hydrogen (secondary N) is 2. The lowest BCUT2D eigenvalue weighted by molar-refractivity contribution is -0.274. The Labute approximate surface area is 267 Å². The zero-order chi connectivity index (χ0) is 32.0. The van der Waals surface area contributed by atoms with E-state index in [0.29, 0.717) is 22.4 Å². The molecule has 0 radical (unpaired) electrons. The summed E-state index contributed by atoms with van der Waals surface area (Å²) in [7, 11) is 0. The maximum atomic E-state index is 12.8. The summed E-state index contributed by atoms with van der Waals surface area (Å²) < 4.78 is 42.7. The van der Waals surface area contributed by atoms with E-state index in [1.807, 2.05) is 55.5 Å². The molecular formula is C31H30F3N7O2S2. The Balaban J connectivity index is 1.19. The van der Waals surface area contributed by atoms with Crippen molar-refractivity contribution in [2.24, 2.45) is 4.99 Å². The third kappa shape index (κ3) is 8.26. The maximum Gasteiger partial charge on any atom is 0.573 e. The molecule has 0 spiro atoms. The van der Waals surface area contributed by atoms with Gasteiger partial charge in [0.1, 0.15) is 12.1 Å². The monoisotopic (exact) mass is 653 g/mol.